The van der Waals surface area contributed by atoms with E-state index in [4.69, 9.17) is 17.5 Å². The molecule has 0 saturated carbocycles. The maximum atomic E-state index is 8.52. The first-order valence-electron chi connectivity index (χ1n) is 0.667. The molecule has 0 atom stereocenters. The van der Waals surface area contributed by atoms with Gasteiger partial charge in [0, 0.05) is 10.4 Å². The van der Waals surface area contributed by atoms with E-state index in [1.165, 1.54) is 0 Å². The molecule has 0 aromatic rings. The van der Waals surface area contributed by atoms with Gasteiger partial charge in [-0.1, -0.05) is 0 Å². The van der Waals surface area contributed by atoms with Crippen molar-refractivity contribution in [1.82, 2.24) is 0 Å². The summed E-state index contributed by atoms with van der Waals surface area (Å²) in [5.74, 6) is 0. The van der Waals surface area contributed by atoms with Crippen LogP contribution in [0, 0.1) is 0 Å². The van der Waals surface area contributed by atoms with Gasteiger partial charge in [-0.05, 0) is 0 Å². The Hall–Kier alpha value is 5.62. The van der Waals surface area contributed by atoms with E-state index < -0.39 is 10.4 Å². The predicted molar refractivity (Wildman–Crippen MR) is 11.2 cm³/mol. The first-order valence-corrected chi connectivity index (χ1v) is 2.00. The quantitative estimate of drug-likeness (QED) is 0.173. The van der Waals surface area contributed by atoms with Crippen molar-refractivity contribution >= 4 is 10.4 Å². The maximum Gasteiger partial charge on any atom is 4.00 e. The van der Waals surface area contributed by atoms with E-state index in [0.717, 1.165) is 0 Å². The molecule has 0 N–H and O–H groups in total. The molecule has 0 aromatic heterocycles. The van der Waals surface area contributed by atoms with Gasteiger partial charge in [-0.2, -0.15) is 0 Å². The zero-order valence-corrected chi connectivity index (χ0v) is 22.3. The first kappa shape index (κ1) is 62.5. The SMILES string of the molecule is O=S(=O)([O-])[O-].[Ni+2].[O-2].[Zr+4].[Zr+4].[Zr+4].[Zr+4].[Zr+4].[Zr+4]. The number of hydrogen-bond donors (Lipinski definition) is 0. The monoisotopic (exact) mass is 709 g/mol. The van der Waals surface area contributed by atoms with Gasteiger partial charge in [-0.25, -0.2) is 0 Å². The molecule has 0 bridgehead atoms. The summed E-state index contributed by atoms with van der Waals surface area (Å²) in [5, 5.41) is 0. The van der Waals surface area contributed by atoms with Gasteiger partial charge in [0.15, 0.2) is 0 Å². The van der Waals surface area contributed by atoms with Crippen LogP contribution in [0.4, 0.5) is 0 Å². The zero-order valence-electron chi connectivity index (χ0n) is 5.77. The van der Waals surface area contributed by atoms with Crippen molar-refractivity contribution in [1.29, 1.82) is 0 Å². The smallest absolute Gasteiger partial charge is 2.00 e. The van der Waals surface area contributed by atoms with Crippen LogP contribution in [0.3, 0.4) is 0 Å². The van der Waals surface area contributed by atoms with Crippen molar-refractivity contribution in [2.24, 2.45) is 0 Å². The second-order valence-electron chi connectivity index (χ2n) is 0.408. The Labute approximate surface area is 202 Å². The molecule has 13 heteroatoms. The zero-order chi connectivity index (χ0) is 4.50. The Balaban J connectivity index is -0.00000000286. The van der Waals surface area contributed by atoms with E-state index >= 15 is 0 Å². The molecule has 0 saturated heterocycles. The molecule has 0 rings (SSSR count). The summed E-state index contributed by atoms with van der Waals surface area (Å²) in [7, 11) is -5.17. The average Bonchev–Trinajstić information content (AvgIpc) is 0.722. The minimum atomic E-state index is -5.17. The van der Waals surface area contributed by atoms with Crippen LogP contribution in [0.1, 0.15) is 0 Å². The van der Waals surface area contributed by atoms with Crippen LogP contribution in [0.25, 0.3) is 0 Å². The van der Waals surface area contributed by atoms with E-state index in [2.05, 4.69) is 0 Å². The van der Waals surface area contributed by atoms with Crippen molar-refractivity contribution in [2.75, 3.05) is 0 Å². The molecule has 0 heterocycles. The van der Waals surface area contributed by atoms with E-state index in [9.17, 15) is 0 Å². The van der Waals surface area contributed by atoms with Crippen LogP contribution in [0.2, 0.25) is 0 Å². The molecule has 0 radical (unpaired) electrons. The molecule has 13 heavy (non-hydrogen) atoms. The summed E-state index contributed by atoms with van der Waals surface area (Å²) in [6, 6.07) is 0. The fraction of sp³-hybridized carbons (Fsp3) is 0. The van der Waals surface area contributed by atoms with Crippen LogP contribution in [-0.4, -0.2) is 17.5 Å². The molecular weight excluding hydrogens is 718 g/mol. The third-order valence-corrected chi connectivity index (χ3v) is 0. The number of rotatable bonds is 0. The fourth-order valence-electron chi connectivity index (χ4n) is 0. The normalized spacial score (nSPS) is 4.46. The molecule has 5 nitrogen and oxygen atoms in total. The van der Waals surface area contributed by atoms with Crippen molar-refractivity contribution in [2.45, 2.75) is 0 Å². The van der Waals surface area contributed by atoms with E-state index in [0.29, 0.717) is 0 Å². The van der Waals surface area contributed by atoms with Gasteiger partial charge < -0.3 is 14.6 Å². The molecule has 0 aliphatic heterocycles. The Morgan fingerprint density at radius 3 is 0.692 bits per heavy atom. The van der Waals surface area contributed by atoms with Crippen molar-refractivity contribution < 1.29 is 197 Å². The van der Waals surface area contributed by atoms with Gasteiger partial charge in [0.25, 0.3) is 0 Å². The Kier molecular flexibility index (Phi) is 173. The van der Waals surface area contributed by atoms with Crippen LogP contribution >= 0.6 is 0 Å². The fourth-order valence-corrected chi connectivity index (χ4v) is 0. The van der Waals surface area contributed by atoms with Gasteiger partial charge in [-0.3, -0.25) is 8.42 Å². The summed E-state index contributed by atoms with van der Waals surface area (Å²) in [6.07, 6.45) is 0. The Morgan fingerprint density at radius 2 is 0.692 bits per heavy atom. The van der Waals surface area contributed by atoms with Crippen molar-refractivity contribution in [3.8, 4) is 0 Å². The van der Waals surface area contributed by atoms with Gasteiger partial charge in [0.2, 0.25) is 0 Å². The molecule has 0 amide bonds. The molecule has 0 unspecified atom stereocenters. The molecule has 48 valence electrons. The van der Waals surface area contributed by atoms with Crippen molar-refractivity contribution in [3.63, 3.8) is 0 Å². The molecule has 0 spiro atoms. The maximum absolute atomic E-state index is 8.52. The van der Waals surface area contributed by atoms with Crippen LogP contribution in [0.5, 0.6) is 0 Å². The Morgan fingerprint density at radius 1 is 0.692 bits per heavy atom. The standard InChI is InChI=1S/Ni.H2O4S.O.6Zr/c;1-5(2,3)4;;;;;;;/h;(H2,1,2,3,4);;;;;;;/q+2;;-2;6*+4/p-2. The van der Waals surface area contributed by atoms with Crippen LogP contribution in [-0.2, 0) is 190 Å². The summed E-state index contributed by atoms with van der Waals surface area (Å²) in [5.41, 5.74) is 0. The molecule has 0 aromatic carbocycles. The van der Waals surface area contributed by atoms with Gasteiger partial charge in [0.05, 0.1) is 0 Å². The summed E-state index contributed by atoms with van der Waals surface area (Å²) < 4.78 is 34.1. The van der Waals surface area contributed by atoms with Crippen molar-refractivity contribution in [3.05, 3.63) is 0 Å². The van der Waals surface area contributed by atoms with Gasteiger partial charge in [0.1, 0.15) is 0 Å². The van der Waals surface area contributed by atoms with E-state index in [1.807, 2.05) is 0 Å². The summed E-state index contributed by atoms with van der Waals surface area (Å²) in [6.45, 7) is 0. The van der Waals surface area contributed by atoms with E-state index in [-0.39, 0.29) is 179 Å². The summed E-state index contributed by atoms with van der Waals surface area (Å²) >= 11 is 0. The largest absolute Gasteiger partial charge is 4.00 e. The minimum absolute atomic E-state index is 0. The third kappa shape index (κ3) is 136. The topological polar surface area (TPSA) is 109 Å². The molecule has 0 fully saturated rings. The molecule has 0 aliphatic carbocycles. The molecular formula is NiO5SZr6+22. The average molecular weight is 718 g/mol. The third-order valence-electron chi connectivity index (χ3n) is 0. The molecule has 0 aliphatic rings. The summed E-state index contributed by atoms with van der Waals surface area (Å²) in [4.78, 5) is 0. The first-order chi connectivity index (χ1) is 2.00. The Bertz CT molecular complexity index is 104. The van der Waals surface area contributed by atoms with E-state index in [1.54, 1.807) is 0 Å². The number of hydrogen-bond acceptors (Lipinski definition) is 4. The predicted octanol–water partition coefficient (Wildman–Crippen LogP) is -1.47. The second-order valence-corrected chi connectivity index (χ2v) is 1.22. The van der Waals surface area contributed by atoms with Gasteiger partial charge >= 0.3 is 174 Å². The van der Waals surface area contributed by atoms with Gasteiger partial charge in [-0.15, -0.1) is 0 Å². The second kappa shape index (κ2) is 36.0. The van der Waals surface area contributed by atoms with Crippen LogP contribution < -0.4 is 0 Å². The van der Waals surface area contributed by atoms with Crippen LogP contribution in [0.15, 0.2) is 0 Å². The minimum Gasteiger partial charge on any atom is -2.00 e.